The van der Waals surface area contributed by atoms with Crippen LogP contribution in [0.3, 0.4) is 0 Å². The molecule has 0 radical (unpaired) electrons. The van der Waals surface area contributed by atoms with Gasteiger partial charge in [0, 0.05) is 12.1 Å². The summed E-state index contributed by atoms with van der Waals surface area (Å²) in [6, 6.07) is 1.43. The van der Waals surface area contributed by atoms with Crippen LogP contribution in [0.4, 0.5) is 15.8 Å². The van der Waals surface area contributed by atoms with Gasteiger partial charge in [0.15, 0.2) is 0 Å². The smallest absolute Gasteiger partial charge is 0.311 e. The Bertz CT molecular complexity index is 449. The predicted molar refractivity (Wildman–Crippen MR) is 52.5 cm³/mol. The Balaban J connectivity index is 3.36. The van der Waals surface area contributed by atoms with Crippen molar-refractivity contribution in [3.8, 4) is 0 Å². The van der Waals surface area contributed by atoms with Crippen molar-refractivity contribution < 1.29 is 14.2 Å². The standard InChI is InChI=1S/C8H8FN3O4/c1-10-4-5-2-6(9)8(12(15)16)3-7(5)11(13)14/h2-3,10H,4H2,1H3. The number of rotatable bonds is 4. The molecule has 1 aromatic carbocycles. The van der Waals surface area contributed by atoms with E-state index in [-0.39, 0.29) is 12.1 Å². The molecule has 0 unspecified atom stereocenters. The van der Waals surface area contributed by atoms with Gasteiger partial charge in [0.25, 0.3) is 5.69 Å². The van der Waals surface area contributed by atoms with E-state index in [2.05, 4.69) is 5.32 Å². The summed E-state index contributed by atoms with van der Waals surface area (Å²) < 4.78 is 13.2. The van der Waals surface area contributed by atoms with Crippen molar-refractivity contribution in [2.45, 2.75) is 6.54 Å². The fourth-order valence-electron chi connectivity index (χ4n) is 1.23. The van der Waals surface area contributed by atoms with Gasteiger partial charge in [0.2, 0.25) is 5.82 Å². The Hall–Kier alpha value is -2.09. The molecule has 0 aliphatic heterocycles. The first-order valence-electron chi connectivity index (χ1n) is 4.23. The van der Waals surface area contributed by atoms with Crippen LogP contribution in [-0.2, 0) is 6.54 Å². The van der Waals surface area contributed by atoms with Crippen LogP contribution in [0.2, 0.25) is 0 Å². The number of nitrogens with zero attached hydrogens (tertiary/aromatic N) is 2. The summed E-state index contributed by atoms with van der Waals surface area (Å²) in [6.07, 6.45) is 0. The number of nitrogens with one attached hydrogen (secondary N) is 1. The molecule has 1 N–H and O–H groups in total. The second-order valence-corrected chi connectivity index (χ2v) is 2.98. The monoisotopic (exact) mass is 229 g/mol. The fourth-order valence-corrected chi connectivity index (χ4v) is 1.23. The van der Waals surface area contributed by atoms with E-state index in [0.717, 1.165) is 6.07 Å². The lowest BCUT2D eigenvalue weighted by atomic mass is 10.1. The first-order chi connectivity index (χ1) is 7.47. The molecule has 7 nitrogen and oxygen atoms in total. The second-order valence-electron chi connectivity index (χ2n) is 2.98. The Labute approximate surface area is 89.2 Å². The van der Waals surface area contributed by atoms with Gasteiger partial charge in [0.1, 0.15) is 0 Å². The lowest BCUT2D eigenvalue weighted by molar-refractivity contribution is -0.396. The SMILES string of the molecule is CNCc1cc(F)c([N+](=O)[O-])cc1[N+](=O)[O-]. The third-order valence-corrected chi connectivity index (χ3v) is 1.91. The van der Waals surface area contributed by atoms with Crippen LogP contribution < -0.4 is 5.32 Å². The van der Waals surface area contributed by atoms with E-state index in [4.69, 9.17) is 0 Å². The molecule has 16 heavy (non-hydrogen) atoms. The Morgan fingerprint density at radius 2 is 1.81 bits per heavy atom. The molecule has 0 atom stereocenters. The molecule has 86 valence electrons. The zero-order chi connectivity index (χ0) is 12.3. The first-order valence-corrected chi connectivity index (χ1v) is 4.23. The average Bonchev–Trinajstić information content (AvgIpc) is 2.17. The predicted octanol–water partition coefficient (Wildman–Crippen LogP) is 1.36. The molecule has 0 aliphatic rings. The van der Waals surface area contributed by atoms with Crippen molar-refractivity contribution in [2.75, 3.05) is 7.05 Å². The summed E-state index contributed by atoms with van der Waals surface area (Å²) in [5.41, 5.74) is -1.30. The maximum Gasteiger partial charge on any atom is 0.311 e. The highest BCUT2D eigenvalue weighted by molar-refractivity contribution is 5.50. The van der Waals surface area contributed by atoms with Gasteiger partial charge in [-0.3, -0.25) is 20.2 Å². The van der Waals surface area contributed by atoms with E-state index in [1.807, 2.05) is 0 Å². The van der Waals surface area contributed by atoms with E-state index < -0.39 is 27.0 Å². The van der Waals surface area contributed by atoms with Crippen molar-refractivity contribution in [3.05, 3.63) is 43.7 Å². The highest BCUT2D eigenvalue weighted by Crippen LogP contribution is 2.27. The normalized spacial score (nSPS) is 10.1. The summed E-state index contributed by atoms with van der Waals surface area (Å²) in [4.78, 5) is 19.2. The van der Waals surface area contributed by atoms with Crippen LogP contribution in [0.25, 0.3) is 0 Å². The van der Waals surface area contributed by atoms with E-state index in [1.165, 1.54) is 7.05 Å². The lowest BCUT2D eigenvalue weighted by Gasteiger charge is -2.02. The highest BCUT2D eigenvalue weighted by Gasteiger charge is 2.23. The summed E-state index contributed by atoms with van der Waals surface area (Å²) >= 11 is 0. The number of hydrogen-bond acceptors (Lipinski definition) is 5. The summed E-state index contributed by atoms with van der Waals surface area (Å²) in [6.45, 7) is 0.0607. The van der Waals surface area contributed by atoms with Crippen molar-refractivity contribution >= 4 is 11.4 Å². The van der Waals surface area contributed by atoms with Gasteiger partial charge in [-0.1, -0.05) is 0 Å². The molecule has 0 saturated carbocycles. The van der Waals surface area contributed by atoms with Crippen LogP contribution in [0.1, 0.15) is 5.56 Å². The molecule has 0 aliphatic carbocycles. The summed E-state index contributed by atoms with van der Waals surface area (Å²) in [7, 11) is 1.53. The van der Waals surface area contributed by atoms with Crippen LogP contribution in [0.5, 0.6) is 0 Å². The quantitative estimate of drug-likeness (QED) is 0.620. The minimum atomic E-state index is -1.08. The van der Waals surface area contributed by atoms with Gasteiger partial charge in [-0.25, -0.2) is 0 Å². The Morgan fingerprint density at radius 3 is 2.25 bits per heavy atom. The number of nitro benzene ring substituents is 2. The van der Waals surface area contributed by atoms with Gasteiger partial charge in [-0.15, -0.1) is 0 Å². The Morgan fingerprint density at radius 1 is 1.25 bits per heavy atom. The molecule has 0 bridgehead atoms. The molecular weight excluding hydrogens is 221 g/mol. The molecule has 8 heteroatoms. The van der Waals surface area contributed by atoms with E-state index in [1.54, 1.807) is 0 Å². The Kier molecular flexibility index (Phi) is 3.46. The number of hydrogen-bond donors (Lipinski definition) is 1. The number of benzene rings is 1. The first kappa shape index (κ1) is 12.0. The number of nitro groups is 2. The van der Waals surface area contributed by atoms with Crippen LogP contribution in [-0.4, -0.2) is 16.9 Å². The maximum absolute atomic E-state index is 13.2. The zero-order valence-corrected chi connectivity index (χ0v) is 8.27. The molecule has 1 aromatic rings. The van der Waals surface area contributed by atoms with E-state index in [9.17, 15) is 24.6 Å². The van der Waals surface area contributed by atoms with Gasteiger partial charge < -0.3 is 5.32 Å². The summed E-state index contributed by atoms with van der Waals surface area (Å²) in [5, 5.41) is 23.6. The molecule has 0 heterocycles. The van der Waals surface area contributed by atoms with Gasteiger partial charge in [0.05, 0.1) is 15.9 Å². The molecule has 0 amide bonds. The van der Waals surface area contributed by atoms with Crippen molar-refractivity contribution in [3.63, 3.8) is 0 Å². The molecule has 0 fully saturated rings. The summed E-state index contributed by atoms with van der Waals surface area (Å²) in [5.74, 6) is -1.08. The largest absolute Gasteiger partial charge is 0.315 e. The van der Waals surface area contributed by atoms with E-state index >= 15 is 0 Å². The van der Waals surface area contributed by atoms with Crippen molar-refractivity contribution in [2.24, 2.45) is 0 Å². The maximum atomic E-state index is 13.2. The third-order valence-electron chi connectivity index (χ3n) is 1.91. The lowest BCUT2D eigenvalue weighted by Crippen LogP contribution is -2.09. The third kappa shape index (κ3) is 2.28. The van der Waals surface area contributed by atoms with Crippen LogP contribution in [0.15, 0.2) is 12.1 Å². The minimum Gasteiger partial charge on any atom is -0.315 e. The average molecular weight is 229 g/mol. The van der Waals surface area contributed by atoms with Gasteiger partial charge in [-0.2, -0.15) is 4.39 Å². The molecule has 0 aromatic heterocycles. The van der Waals surface area contributed by atoms with Crippen LogP contribution in [0, 0.1) is 26.0 Å². The van der Waals surface area contributed by atoms with Crippen molar-refractivity contribution in [1.29, 1.82) is 0 Å². The van der Waals surface area contributed by atoms with Gasteiger partial charge in [-0.05, 0) is 13.1 Å². The minimum absolute atomic E-state index is 0.0607. The molecule has 0 spiro atoms. The topological polar surface area (TPSA) is 98.3 Å². The zero-order valence-electron chi connectivity index (χ0n) is 8.27. The van der Waals surface area contributed by atoms with E-state index in [0.29, 0.717) is 6.07 Å². The second kappa shape index (κ2) is 4.62. The molecule has 1 rings (SSSR count). The highest BCUT2D eigenvalue weighted by atomic mass is 19.1. The van der Waals surface area contributed by atoms with Crippen molar-refractivity contribution in [1.82, 2.24) is 5.32 Å². The molecule has 0 saturated heterocycles. The van der Waals surface area contributed by atoms with Crippen LogP contribution >= 0.6 is 0 Å². The fraction of sp³-hybridized carbons (Fsp3) is 0.250. The molecular formula is C8H8FN3O4. The number of halogens is 1. The van der Waals surface area contributed by atoms with Gasteiger partial charge >= 0.3 is 5.69 Å².